The topological polar surface area (TPSA) is 15.3 Å². The van der Waals surface area contributed by atoms with Crippen molar-refractivity contribution < 1.29 is 0 Å². The van der Waals surface area contributed by atoms with Crippen LogP contribution in [0.3, 0.4) is 0 Å². The Balaban J connectivity index is 2.33. The number of rotatable bonds is 5. The fraction of sp³-hybridized carbons (Fsp3) is 1.00. The fourth-order valence-corrected chi connectivity index (χ4v) is 3.70. The van der Waals surface area contributed by atoms with Crippen molar-refractivity contribution >= 4 is 0 Å². The normalized spacial score (nSPS) is 21.0. The van der Waals surface area contributed by atoms with Gasteiger partial charge in [0.05, 0.1) is 0 Å². The van der Waals surface area contributed by atoms with Crippen LogP contribution in [-0.4, -0.2) is 38.1 Å². The summed E-state index contributed by atoms with van der Waals surface area (Å²) < 4.78 is 0. The Hall–Kier alpha value is -0.0800. The minimum absolute atomic E-state index is 0.368. The molecule has 0 amide bonds. The zero-order valence-corrected chi connectivity index (χ0v) is 15.2. The van der Waals surface area contributed by atoms with Crippen molar-refractivity contribution in [2.45, 2.75) is 90.5 Å². The highest BCUT2D eigenvalue weighted by molar-refractivity contribution is 4.78. The molecule has 0 bridgehead atoms. The van der Waals surface area contributed by atoms with Gasteiger partial charge in [0, 0.05) is 19.1 Å². The van der Waals surface area contributed by atoms with Gasteiger partial charge in [-0.1, -0.05) is 71.6 Å². The standard InChI is InChI=1S/C19H40N2/c1-19(2,17-21(3)4)16-20-18-14-12-10-8-6-5-7-9-11-13-15-18/h18,20H,5-17H2,1-4H3. The maximum absolute atomic E-state index is 3.89. The largest absolute Gasteiger partial charge is 0.313 e. The van der Waals surface area contributed by atoms with Gasteiger partial charge in [0.25, 0.3) is 0 Å². The Morgan fingerprint density at radius 2 is 1.24 bits per heavy atom. The Morgan fingerprint density at radius 3 is 1.67 bits per heavy atom. The fourth-order valence-electron chi connectivity index (χ4n) is 3.70. The van der Waals surface area contributed by atoms with Gasteiger partial charge in [0.15, 0.2) is 0 Å². The Morgan fingerprint density at radius 1 is 0.810 bits per heavy atom. The zero-order chi connectivity index (χ0) is 15.6. The van der Waals surface area contributed by atoms with Gasteiger partial charge in [-0.2, -0.15) is 0 Å². The van der Waals surface area contributed by atoms with Crippen LogP contribution in [0.15, 0.2) is 0 Å². The van der Waals surface area contributed by atoms with Crippen molar-refractivity contribution in [3.8, 4) is 0 Å². The van der Waals surface area contributed by atoms with Gasteiger partial charge >= 0.3 is 0 Å². The third kappa shape index (κ3) is 10.3. The lowest BCUT2D eigenvalue weighted by Gasteiger charge is -2.31. The van der Waals surface area contributed by atoms with E-state index in [4.69, 9.17) is 0 Å². The van der Waals surface area contributed by atoms with Crippen molar-refractivity contribution in [2.24, 2.45) is 5.41 Å². The van der Waals surface area contributed by atoms with Crippen molar-refractivity contribution in [1.82, 2.24) is 10.2 Å². The maximum Gasteiger partial charge on any atom is 0.00673 e. The first-order chi connectivity index (χ1) is 9.99. The van der Waals surface area contributed by atoms with E-state index in [2.05, 4.69) is 38.2 Å². The molecule has 1 fully saturated rings. The molecule has 1 aliphatic carbocycles. The Kier molecular flexibility index (Phi) is 9.59. The lowest BCUT2D eigenvalue weighted by Crippen LogP contribution is -2.41. The summed E-state index contributed by atoms with van der Waals surface area (Å²) in [6, 6.07) is 0.755. The van der Waals surface area contributed by atoms with E-state index in [-0.39, 0.29) is 0 Å². The summed E-state index contributed by atoms with van der Waals surface area (Å²) >= 11 is 0. The first-order valence-electron chi connectivity index (χ1n) is 9.38. The van der Waals surface area contributed by atoms with Crippen LogP contribution in [0.5, 0.6) is 0 Å². The second-order valence-corrected chi connectivity index (χ2v) is 8.24. The first-order valence-corrected chi connectivity index (χ1v) is 9.38. The molecule has 0 aromatic carbocycles. The second-order valence-electron chi connectivity index (χ2n) is 8.24. The van der Waals surface area contributed by atoms with Crippen LogP contribution in [0.1, 0.15) is 84.5 Å². The van der Waals surface area contributed by atoms with Gasteiger partial charge in [0.1, 0.15) is 0 Å². The van der Waals surface area contributed by atoms with E-state index >= 15 is 0 Å². The first kappa shape index (κ1) is 19.0. The lowest BCUT2D eigenvalue weighted by atomic mass is 9.91. The van der Waals surface area contributed by atoms with Gasteiger partial charge in [-0.15, -0.1) is 0 Å². The van der Waals surface area contributed by atoms with Crippen molar-refractivity contribution in [3.05, 3.63) is 0 Å². The minimum Gasteiger partial charge on any atom is -0.313 e. The average Bonchev–Trinajstić information content (AvgIpc) is 2.36. The monoisotopic (exact) mass is 296 g/mol. The van der Waals surface area contributed by atoms with Crippen LogP contribution in [0, 0.1) is 5.41 Å². The molecule has 1 aliphatic rings. The van der Waals surface area contributed by atoms with E-state index in [1.807, 2.05) is 0 Å². The quantitative estimate of drug-likeness (QED) is 0.781. The van der Waals surface area contributed by atoms with E-state index in [0.29, 0.717) is 5.41 Å². The summed E-state index contributed by atoms with van der Waals surface area (Å²) in [5.41, 5.74) is 0.368. The highest BCUT2D eigenvalue weighted by Gasteiger charge is 2.20. The Labute approximate surface area is 134 Å². The van der Waals surface area contributed by atoms with Crippen LogP contribution < -0.4 is 5.32 Å². The van der Waals surface area contributed by atoms with Crippen molar-refractivity contribution in [3.63, 3.8) is 0 Å². The molecule has 21 heavy (non-hydrogen) atoms. The molecule has 2 heteroatoms. The summed E-state index contributed by atoms with van der Waals surface area (Å²) in [7, 11) is 4.36. The highest BCUT2D eigenvalue weighted by Crippen LogP contribution is 2.19. The SMILES string of the molecule is CN(C)CC(C)(C)CNC1CCCCCCCCCCC1. The number of hydrogen-bond donors (Lipinski definition) is 1. The molecule has 0 aromatic rings. The van der Waals surface area contributed by atoms with Gasteiger partial charge < -0.3 is 10.2 Å². The van der Waals surface area contributed by atoms with E-state index in [1.54, 1.807) is 0 Å². The van der Waals surface area contributed by atoms with Gasteiger partial charge in [-0.05, 0) is 32.4 Å². The van der Waals surface area contributed by atoms with Crippen LogP contribution in [0.2, 0.25) is 0 Å². The van der Waals surface area contributed by atoms with Crippen molar-refractivity contribution in [1.29, 1.82) is 0 Å². The summed E-state index contributed by atoms with van der Waals surface area (Å²) in [5, 5.41) is 3.89. The molecular formula is C19H40N2. The van der Waals surface area contributed by atoms with E-state index < -0.39 is 0 Å². The summed E-state index contributed by atoms with van der Waals surface area (Å²) in [6.07, 6.45) is 15.8. The average molecular weight is 297 g/mol. The predicted octanol–water partition coefficient (Wildman–Crippen LogP) is 4.84. The molecule has 0 atom stereocenters. The Bertz CT molecular complexity index is 236. The summed E-state index contributed by atoms with van der Waals surface area (Å²) in [6.45, 7) is 7.08. The predicted molar refractivity (Wildman–Crippen MR) is 94.9 cm³/mol. The summed E-state index contributed by atoms with van der Waals surface area (Å²) in [5.74, 6) is 0. The third-order valence-electron chi connectivity index (χ3n) is 4.72. The molecular weight excluding hydrogens is 256 g/mol. The smallest absolute Gasteiger partial charge is 0.00673 e. The van der Waals surface area contributed by atoms with Gasteiger partial charge in [-0.25, -0.2) is 0 Å². The molecule has 2 nitrogen and oxygen atoms in total. The minimum atomic E-state index is 0.368. The zero-order valence-electron chi connectivity index (χ0n) is 15.2. The molecule has 0 aromatic heterocycles. The molecule has 0 saturated heterocycles. The molecule has 1 rings (SSSR count). The highest BCUT2D eigenvalue weighted by atomic mass is 15.1. The summed E-state index contributed by atoms with van der Waals surface area (Å²) in [4.78, 5) is 2.31. The molecule has 0 aliphatic heterocycles. The molecule has 0 unspecified atom stereocenters. The van der Waals surface area contributed by atoms with Crippen LogP contribution in [-0.2, 0) is 0 Å². The van der Waals surface area contributed by atoms with Gasteiger partial charge in [-0.3, -0.25) is 0 Å². The number of nitrogens with zero attached hydrogens (tertiary/aromatic N) is 1. The maximum atomic E-state index is 3.89. The molecule has 1 N–H and O–H groups in total. The van der Waals surface area contributed by atoms with Crippen LogP contribution >= 0.6 is 0 Å². The number of hydrogen-bond acceptors (Lipinski definition) is 2. The molecule has 0 heterocycles. The number of nitrogens with one attached hydrogen (secondary N) is 1. The van der Waals surface area contributed by atoms with Crippen LogP contribution in [0.4, 0.5) is 0 Å². The van der Waals surface area contributed by atoms with Crippen LogP contribution in [0.25, 0.3) is 0 Å². The molecule has 0 spiro atoms. The van der Waals surface area contributed by atoms with E-state index in [9.17, 15) is 0 Å². The molecule has 1 saturated carbocycles. The molecule has 0 radical (unpaired) electrons. The lowest BCUT2D eigenvalue weighted by molar-refractivity contribution is 0.220. The van der Waals surface area contributed by atoms with E-state index in [1.165, 1.54) is 70.6 Å². The van der Waals surface area contributed by atoms with Crippen molar-refractivity contribution in [2.75, 3.05) is 27.2 Å². The second kappa shape index (κ2) is 10.6. The van der Waals surface area contributed by atoms with Gasteiger partial charge in [0.2, 0.25) is 0 Å². The molecule has 126 valence electrons. The van der Waals surface area contributed by atoms with E-state index in [0.717, 1.165) is 19.1 Å². The third-order valence-corrected chi connectivity index (χ3v) is 4.72.